The summed E-state index contributed by atoms with van der Waals surface area (Å²) in [5.41, 5.74) is 13.1. The number of rotatable bonds is 5. The molecule has 28 heavy (non-hydrogen) atoms. The van der Waals surface area contributed by atoms with Crippen LogP contribution in [0.3, 0.4) is 0 Å². The molecule has 1 aliphatic rings. The van der Waals surface area contributed by atoms with Gasteiger partial charge in [-0.2, -0.15) is 5.10 Å². The quantitative estimate of drug-likeness (QED) is 0.575. The van der Waals surface area contributed by atoms with Gasteiger partial charge >= 0.3 is 5.91 Å². The molecule has 1 aliphatic carbocycles. The molecule has 1 heterocycles. The summed E-state index contributed by atoms with van der Waals surface area (Å²) in [7, 11) is 0. The molecule has 0 saturated heterocycles. The first-order chi connectivity index (χ1) is 13.7. The van der Waals surface area contributed by atoms with Crippen molar-refractivity contribution in [3.8, 4) is 0 Å². The lowest BCUT2D eigenvalue weighted by Crippen LogP contribution is -2.29. The molecule has 1 aromatic heterocycles. The van der Waals surface area contributed by atoms with Crippen LogP contribution in [0.15, 0.2) is 70.2 Å². The SMILES string of the molecule is Cc1c(C(=O)NNc2ccccc2)oc2c1/C(=N/Nc1ccccc1)CCC2. The first kappa shape index (κ1) is 17.9. The molecule has 2 aromatic carbocycles. The van der Waals surface area contributed by atoms with Gasteiger partial charge in [-0.1, -0.05) is 36.4 Å². The Bertz CT molecular complexity index is 994. The minimum Gasteiger partial charge on any atom is -0.455 e. The van der Waals surface area contributed by atoms with Crippen molar-refractivity contribution in [2.24, 2.45) is 5.10 Å². The minimum absolute atomic E-state index is 0.300. The summed E-state index contributed by atoms with van der Waals surface area (Å²) < 4.78 is 5.91. The molecule has 0 unspecified atom stereocenters. The zero-order valence-electron chi connectivity index (χ0n) is 15.7. The van der Waals surface area contributed by atoms with Gasteiger partial charge in [0.15, 0.2) is 5.76 Å². The summed E-state index contributed by atoms with van der Waals surface area (Å²) in [5.74, 6) is 0.844. The molecule has 3 N–H and O–H groups in total. The van der Waals surface area contributed by atoms with E-state index in [0.717, 1.165) is 53.2 Å². The van der Waals surface area contributed by atoms with Crippen molar-refractivity contribution in [2.75, 3.05) is 10.9 Å². The number of benzene rings is 2. The van der Waals surface area contributed by atoms with Gasteiger partial charge in [-0.05, 0) is 44.0 Å². The van der Waals surface area contributed by atoms with Gasteiger partial charge in [0.1, 0.15) is 5.76 Å². The lowest BCUT2D eigenvalue weighted by Gasteiger charge is -2.13. The highest BCUT2D eigenvalue weighted by Gasteiger charge is 2.27. The molecule has 0 bridgehead atoms. The van der Waals surface area contributed by atoms with Crippen LogP contribution in [-0.2, 0) is 6.42 Å². The third-order valence-electron chi connectivity index (χ3n) is 4.72. The van der Waals surface area contributed by atoms with Gasteiger partial charge in [-0.25, -0.2) is 0 Å². The van der Waals surface area contributed by atoms with Crippen LogP contribution in [0.5, 0.6) is 0 Å². The molecule has 0 radical (unpaired) electrons. The maximum Gasteiger partial charge on any atom is 0.305 e. The summed E-state index contributed by atoms with van der Waals surface area (Å²) in [4.78, 5) is 12.6. The molecule has 3 aromatic rings. The van der Waals surface area contributed by atoms with Crippen LogP contribution in [0.1, 0.15) is 40.3 Å². The number of para-hydroxylation sites is 2. The molecule has 0 saturated carbocycles. The number of aryl methyl sites for hydroxylation is 1. The summed E-state index contributed by atoms with van der Waals surface area (Å²) in [6, 6.07) is 19.3. The van der Waals surface area contributed by atoms with Crippen molar-refractivity contribution >= 4 is 23.0 Å². The number of hydrogen-bond acceptors (Lipinski definition) is 5. The van der Waals surface area contributed by atoms with Gasteiger partial charge in [-0.3, -0.25) is 21.1 Å². The predicted octanol–water partition coefficient (Wildman–Crippen LogP) is 4.50. The van der Waals surface area contributed by atoms with Gasteiger partial charge in [0.25, 0.3) is 0 Å². The van der Waals surface area contributed by atoms with E-state index in [-0.39, 0.29) is 5.91 Å². The summed E-state index contributed by atoms with van der Waals surface area (Å²) in [5, 5.41) is 4.58. The standard InChI is InChI=1S/C22H22N4O2/c1-15-20-18(25-23-16-9-4-2-5-10-16)13-8-14-19(20)28-21(15)22(27)26-24-17-11-6-3-7-12-17/h2-7,9-12,23-24H,8,13-14H2,1H3,(H,26,27)/b25-18+. The van der Waals surface area contributed by atoms with E-state index >= 15 is 0 Å². The second-order valence-corrected chi connectivity index (χ2v) is 6.69. The Balaban J connectivity index is 1.54. The topological polar surface area (TPSA) is 78.7 Å². The number of furan rings is 1. The second kappa shape index (κ2) is 8.00. The number of anilines is 2. The van der Waals surface area contributed by atoms with Crippen LogP contribution < -0.4 is 16.3 Å². The molecule has 0 atom stereocenters. The first-order valence-corrected chi connectivity index (χ1v) is 9.34. The van der Waals surface area contributed by atoms with Gasteiger partial charge in [0.2, 0.25) is 0 Å². The lowest BCUT2D eigenvalue weighted by molar-refractivity contribution is 0.0932. The molecule has 0 fully saturated rings. The monoisotopic (exact) mass is 374 g/mol. The average Bonchev–Trinajstić information content (AvgIpc) is 3.09. The maximum atomic E-state index is 12.6. The zero-order valence-corrected chi connectivity index (χ0v) is 15.7. The number of hydrogen-bond donors (Lipinski definition) is 3. The van der Waals surface area contributed by atoms with E-state index in [1.54, 1.807) is 0 Å². The molecule has 0 aliphatic heterocycles. The first-order valence-electron chi connectivity index (χ1n) is 9.34. The van der Waals surface area contributed by atoms with E-state index in [2.05, 4.69) is 21.4 Å². The molecule has 1 amide bonds. The Labute approximate surface area is 163 Å². The van der Waals surface area contributed by atoms with Gasteiger partial charge in [-0.15, -0.1) is 0 Å². The number of hydrazine groups is 1. The van der Waals surface area contributed by atoms with Gasteiger partial charge < -0.3 is 4.42 Å². The highest BCUT2D eigenvalue weighted by atomic mass is 16.4. The molecule has 6 nitrogen and oxygen atoms in total. The number of carbonyl (C=O) groups is 1. The Morgan fingerprint density at radius 2 is 1.64 bits per heavy atom. The maximum absolute atomic E-state index is 12.6. The van der Waals surface area contributed by atoms with E-state index in [1.807, 2.05) is 67.6 Å². The average molecular weight is 374 g/mol. The van der Waals surface area contributed by atoms with Crippen LogP contribution in [-0.4, -0.2) is 11.6 Å². The van der Waals surface area contributed by atoms with E-state index in [0.29, 0.717) is 5.76 Å². The highest BCUT2D eigenvalue weighted by molar-refractivity contribution is 6.06. The van der Waals surface area contributed by atoms with E-state index in [1.165, 1.54) is 0 Å². The predicted molar refractivity (Wildman–Crippen MR) is 111 cm³/mol. The van der Waals surface area contributed by atoms with Crippen LogP contribution in [0.2, 0.25) is 0 Å². The Hall–Kier alpha value is -3.54. The molecule has 142 valence electrons. The fraction of sp³-hybridized carbons (Fsp3) is 0.182. The van der Waals surface area contributed by atoms with Crippen molar-refractivity contribution in [3.05, 3.63) is 83.3 Å². The third kappa shape index (κ3) is 3.76. The van der Waals surface area contributed by atoms with E-state index in [9.17, 15) is 4.79 Å². The fourth-order valence-corrected chi connectivity index (χ4v) is 3.35. The summed E-state index contributed by atoms with van der Waals surface area (Å²) >= 11 is 0. The minimum atomic E-state index is -0.300. The molecule has 6 heteroatoms. The Morgan fingerprint density at radius 3 is 2.36 bits per heavy atom. The number of hydrazone groups is 1. The number of amides is 1. The van der Waals surface area contributed by atoms with Crippen molar-refractivity contribution in [1.82, 2.24) is 5.43 Å². The number of carbonyl (C=O) groups excluding carboxylic acids is 1. The summed E-state index contributed by atoms with van der Waals surface area (Å²) in [6.45, 7) is 1.91. The van der Waals surface area contributed by atoms with Crippen LogP contribution in [0.25, 0.3) is 0 Å². The highest BCUT2D eigenvalue weighted by Crippen LogP contribution is 2.30. The van der Waals surface area contributed by atoms with Gasteiger partial charge in [0.05, 0.1) is 17.1 Å². The van der Waals surface area contributed by atoms with Crippen molar-refractivity contribution in [2.45, 2.75) is 26.2 Å². The number of nitrogens with one attached hydrogen (secondary N) is 3. The fourth-order valence-electron chi connectivity index (χ4n) is 3.35. The number of fused-ring (bicyclic) bond motifs is 1. The van der Waals surface area contributed by atoms with Gasteiger partial charge in [0, 0.05) is 17.5 Å². The summed E-state index contributed by atoms with van der Waals surface area (Å²) in [6.07, 6.45) is 2.59. The van der Waals surface area contributed by atoms with E-state index in [4.69, 9.17) is 4.42 Å². The van der Waals surface area contributed by atoms with Crippen LogP contribution in [0, 0.1) is 6.92 Å². The molecular weight excluding hydrogens is 352 g/mol. The molecule has 0 spiro atoms. The smallest absolute Gasteiger partial charge is 0.305 e. The molecular formula is C22H22N4O2. The van der Waals surface area contributed by atoms with E-state index < -0.39 is 0 Å². The number of nitrogens with zero attached hydrogens (tertiary/aromatic N) is 1. The van der Waals surface area contributed by atoms with Crippen LogP contribution >= 0.6 is 0 Å². The van der Waals surface area contributed by atoms with Crippen LogP contribution in [0.4, 0.5) is 11.4 Å². The van der Waals surface area contributed by atoms with Crippen molar-refractivity contribution in [1.29, 1.82) is 0 Å². The van der Waals surface area contributed by atoms with Crippen molar-refractivity contribution < 1.29 is 9.21 Å². The lowest BCUT2D eigenvalue weighted by atomic mass is 9.93. The third-order valence-corrected chi connectivity index (χ3v) is 4.72. The normalized spacial score (nSPS) is 14.4. The Kier molecular flexibility index (Phi) is 5.10. The van der Waals surface area contributed by atoms with Crippen molar-refractivity contribution in [3.63, 3.8) is 0 Å². The largest absolute Gasteiger partial charge is 0.455 e. The second-order valence-electron chi connectivity index (χ2n) is 6.69. The molecule has 4 rings (SSSR count). The zero-order chi connectivity index (χ0) is 19.3. The Morgan fingerprint density at radius 1 is 0.964 bits per heavy atom.